The zero-order chi connectivity index (χ0) is 20.1. The Hall–Kier alpha value is -1.61. The van der Waals surface area contributed by atoms with Crippen LogP contribution in [0.5, 0.6) is 0 Å². The number of halogens is 1. The topological polar surface area (TPSA) is 54.7 Å². The lowest BCUT2D eigenvalue weighted by Gasteiger charge is -2.36. The van der Waals surface area contributed by atoms with Gasteiger partial charge in [0.1, 0.15) is 6.10 Å². The van der Waals surface area contributed by atoms with Crippen LogP contribution in [0.3, 0.4) is 0 Å². The number of aromatic nitrogens is 2. The number of nitrogens with one attached hydrogen (secondary N) is 1. The Morgan fingerprint density at radius 1 is 1.17 bits per heavy atom. The molecule has 2 fully saturated rings. The summed E-state index contributed by atoms with van der Waals surface area (Å²) in [6.07, 6.45) is 9.13. The molecule has 0 bridgehead atoms. The minimum atomic E-state index is 0. The number of ether oxygens (including phenoxy) is 1. The Morgan fingerprint density at radius 2 is 1.93 bits per heavy atom. The Kier molecular flexibility index (Phi) is 8.56. The van der Waals surface area contributed by atoms with E-state index in [2.05, 4.69) is 50.6 Å². The van der Waals surface area contributed by atoms with Crippen LogP contribution in [0.2, 0.25) is 0 Å². The molecule has 0 radical (unpaired) electrons. The molecule has 30 heavy (non-hydrogen) atoms. The van der Waals surface area contributed by atoms with Gasteiger partial charge in [0, 0.05) is 38.9 Å². The van der Waals surface area contributed by atoms with Gasteiger partial charge in [-0.15, -0.1) is 24.0 Å². The highest BCUT2D eigenvalue weighted by atomic mass is 127. The van der Waals surface area contributed by atoms with Crippen LogP contribution in [-0.2, 0) is 11.8 Å². The fourth-order valence-electron chi connectivity index (χ4n) is 4.64. The van der Waals surface area contributed by atoms with Crippen LogP contribution in [0, 0.1) is 5.92 Å². The van der Waals surface area contributed by atoms with Crippen LogP contribution in [-0.4, -0.2) is 53.9 Å². The molecule has 164 valence electrons. The summed E-state index contributed by atoms with van der Waals surface area (Å²) in [6.45, 7) is 3.40. The average molecular weight is 523 g/mol. The first-order chi connectivity index (χ1) is 14.2. The lowest BCUT2D eigenvalue weighted by molar-refractivity contribution is -0.00810. The maximum Gasteiger partial charge on any atom is 0.193 e. The second-order valence-electron chi connectivity index (χ2n) is 8.31. The molecule has 2 aliphatic rings. The molecule has 6 nitrogen and oxygen atoms in total. The quantitative estimate of drug-likeness (QED) is 0.375. The monoisotopic (exact) mass is 523 g/mol. The fourth-order valence-corrected chi connectivity index (χ4v) is 4.64. The van der Waals surface area contributed by atoms with Crippen LogP contribution in [0.4, 0.5) is 0 Å². The van der Waals surface area contributed by atoms with Crippen LogP contribution in [0.15, 0.2) is 47.7 Å². The zero-order valence-electron chi connectivity index (χ0n) is 18.0. The molecule has 4 rings (SSSR count). The van der Waals surface area contributed by atoms with Crippen molar-refractivity contribution >= 4 is 29.9 Å². The lowest BCUT2D eigenvalue weighted by atomic mass is 9.79. The third-order valence-corrected chi connectivity index (χ3v) is 6.34. The molecule has 2 aromatic rings. The summed E-state index contributed by atoms with van der Waals surface area (Å²) in [4.78, 5) is 6.86. The third kappa shape index (κ3) is 5.75. The van der Waals surface area contributed by atoms with Gasteiger partial charge < -0.3 is 15.0 Å². The molecule has 1 atom stereocenters. The van der Waals surface area contributed by atoms with Gasteiger partial charge in [-0.2, -0.15) is 5.10 Å². The highest BCUT2D eigenvalue weighted by Crippen LogP contribution is 2.35. The first kappa shape index (κ1) is 23.1. The summed E-state index contributed by atoms with van der Waals surface area (Å²) in [6, 6.07) is 11.0. The van der Waals surface area contributed by atoms with Gasteiger partial charge >= 0.3 is 0 Å². The highest BCUT2D eigenvalue weighted by molar-refractivity contribution is 14.0. The van der Waals surface area contributed by atoms with Crippen molar-refractivity contribution in [2.45, 2.75) is 37.7 Å². The SMILES string of the molecule is CN=C(NCC1CCC(c2ccccc2)CC1)N1CCOC(c2cnn(C)c2)C1.I. The van der Waals surface area contributed by atoms with Crippen LogP contribution >= 0.6 is 24.0 Å². The summed E-state index contributed by atoms with van der Waals surface area (Å²) in [5.74, 6) is 2.44. The molecule has 1 aliphatic carbocycles. The van der Waals surface area contributed by atoms with E-state index in [4.69, 9.17) is 4.74 Å². The van der Waals surface area contributed by atoms with Gasteiger partial charge in [0.15, 0.2) is 5.96 Å². The number of guanidine groups is 1. The van der Waals surface area contributed by atoms with Gasteiger partial charge in [0.05, 0.1) is 19.3 Å². The number of morpholine rings is 1. The number of aryl methyl sites for hydroxylation is 1. The molecule has 1 N–H and O–H groups in total. The Balaban J connectivity index is 0.00000256. The Labute approximate surface area is 197 Å². The third-order valence-electron chi connectivity index (χ3n) is 6.34. The number of benzene rings is 1. The molecular formula is C23H34IN5O. The maximum atomic E-state index is 5.97. The molecule has 1 unspecified atom stereocenters. The van der Waals surface area contributed by atoms with E-state index in [1.165, 1.54) is 31.2 Å². The first-order valence-electron chi connectivity index (χ1n) is 10.8. The predicted octanol–water partition coefficient (Wildman–Crippen LogP) is 3.96. The minimum Gasteiger partial charge on any atom is -0.370 e. The predicted molar refractivity (Wildman–Crippen MR) is 131 cm³/mol. The van der Waals surface area contributed by atoms with Crippen molar-refractivity contribution in [1.29, 1.82) is 0 Å². The van der Waals surface area contributed by atoms with Crippen molar-refractivity contribution in [3.63, 3.8) is 0 Å². The first-order valence-corrected chi connectivity index (χ1v) is 10.8. The van der Waals surface area contributed by atoms with E-state index >= 15 is 0 Å². The smallest absolute Gasteiger partial charge is 0.193 e. The van der Waals surface area contributed by atoms with E-state index in [0.717, 1.165) is 43.0 Å². The van der Waals surface area contributed by atoms with E-state index in [0.29, 0.717) is 6.61 Å². The van der Waals surface area contributed by atoms with Gasteiger partial charge in [0.25, 0.3) is 0 Å². The van der Waals surface area contributed by atoms with Crippen molar-refractivity contribution < 1.29 is 4.74 Å². The second-order valence-corrected chi connectivity index (χ2v) is 8.31. The number of hydrogen-bond donors (Lipinski definition) is 1. The average Bonchev–Trinajstić information content (AvgIpc) is 3.22. The summed E-state index contributed by atoms with van der Waals surface area (Å²) in [7, 11) is 3.82. The molecule has 1 aliphatic heterocycles. The minimum absolute atomic E-state index is 0. The summed E-state index contributed by atoms with van der Waals surface area (Å²) < 4.78 is 7.80. The Morgan fingerprint density at radius 3 is 2.60 bits per heavy atom. The van der Waals surface area contributed by atoms with Crippen molar-refractivity contribution in [1.82, 2.24) is 20.0 Å². The number of nitrogens with zero attached hydrogens (tertiary/aromatic N) is 4. The second kappa shape index (κ2) is 11.1. The number of hydrogen-bond acceptors (Lipinski definition) is 3. The standard InChI is InChI=1S/C23H33N5O.HI/c1-24-23(28-12-13-29-22(17-28)21-15-26-27(2)16-21)25-14-18-8-10-20(11-9-18)19-6-4-3-5-7-19;/h3-7,15-16,18,20,22H,8-14,17H2,1-2H3,(H,24,25);1H. The summed E-state index contributed by atoms with van der Waals surface area (Å²) in [5, 5.41) is 7.92. The zero-order valence-corrected chi connectivity index (χ0v) is 20.4. The van der Waals surface area contributed by atoms with E-state index in [-0.39, 0.29) is 30.1 Å². The fraction of sp³-hybridized carbons (Fsp3) is 0.565. The van der Waals surface area contributed by atoms with Gasteiger partial charge in [-0.05, 0) is 43.1 Å². The normalized spacial score (nSPS) is 24.9. The van der Waals surface area contributed by atoms with Crippen molar-refractivity contribution in [2.75, 3.05) is 33.3 Å². The van der Waals surface area contributed by atoms with Crippen LogP contribution < -0.4 is 5.32 Å². The maximum absolute atomic E-state index is 5.97. The molecule has 0 spiro atoms. The van der Waals surface area contributed by atoms with Gasteiger partial charge in [-0.25, -0.2) is 0 Å². The van der Waals surface area contributed by atoms with Crippen LogP contribution in [0.25, 0.3) is 0 Å². The summed E-state index contributed by atoms with van der Waals surface area (Å²) >= 11 is 0. The molecule has 1 saturated carbocycles. The van der Waals surface area contributed by atoms with E-state index in [1.54, 1.807) is 0 Å². The number of aliphatic imine (C=N–C) groups is 1. The molecule has 7 heteroatoms. The molecular weight excluding hydrogens is 489 g/mol. The van der Waals surface area contributed by atoms with Crippen molar-refractivity contribution in [3.05, 3.63) is 53.9 Å². The molecule has 1 aromatic carbocycles. The largest absolute Gasteiger partial charge is 0.370 e. The molecule has 1 aromatic heterocycles. The van der Waals surface area contributed by atoms with Gasteiger partial charge in [-0.1, -0.05) is 30.3 Å². The van der Waals surface area contributed by atoms with E-state index in [9.17, 15) is 0 Å². The van der Waals surface area contributed by atoms with Gasteiger partial charge in [-0.3, -0.25) is 9.67 Å². The highest BCUT2D eigenvalue weighted by Gasteiger charge is 2.26. The van der Waals surface area contributed by atoms with Gasteiger partial charge in [0.2, 0.25) is 0 Å². The van der Waals surface area contributed by atoms with E-state index in [1.807, 2.05) is 31.2 Å². The molecule has 2 heterocycles. The Bertz CT molecular complexity index is 801. The van der Waals surface area contributed by atoms with Crippen molar-refractivity contribution in [2.24, 2.45) is 18.0 Å². The number of rotatable bonds is 4. The lowest BCUT2D eigenvalue weighted by Crippen LogP contribution is -2.49. The summed E-state index contributed by atoms with van der Waals surface area (Å²) in [5.41, 5.74) is 2.64. The van der Waals surface area contributed by atoms with Crippen molar-refractivity contribution in [3.8, 4) is 0 Å². The molecule has 1 saturated heterocycles. The molecule has 0 amide bonds. The van der Waals surface area contributed by atoms with E-state index < -0.39 is 0 Å². The van der Waals surface area contributed by atoms with Crippen LogP contribution in [0.1, 0.15) is 48.8 Å².